The Morgan fingerprint density at radius 1 is 1.27 bits per heavy atom. The average Bonchev–Trinajstić information content (AvgIpc) is 2.55. The zero-order chi connectivity index (χ0) is 15.5. The van der Waals surface area contributed by atoms with Crippen molar-refractivity contribution in [2.24, 2.45) is 0 Å². The van der Waals surface area contributed by atoms with Crippen LogP contribution in [0.3, 0.4) is 0 Å². The number of nitro groups is 1. The first kappa shape index (κ1) is 14.1. The van der Waals surface area contributed by atoms with E-state index in [1.807, 2.05) is 29.2 Å². The molecule has 2 aromatic rings. The van der Waals surface area contributed by atoms with Crippen LogP contribution >= 0.6 is 0 Å². The number of nitro benzene ring substituents is 1. The lowest BCUT2D eigenvalue weighted by molar-refractivity contribution is -0.384. The molecule has 22 heavy (non-hydrogen) atoms. The molecule has 5 nitrogen and oxygen atoms in total. The van der Waals surface area contributed by atoms with Crippen LogP contribution in [-0.2, 0) is 13.0 Å². The van der Waals surface area contributed by atoms with Crippen LogP contribution in [0, 0.1) is 21.4 Å². The Bertz CT molecular complexity index is 752. The molecule has 1 atom stereocenters. The molecule has 0 saturated heterocycles. The van der Waals surface area contributed by atoms with Gasteiger partial charge in [-0.2, -0.15) is 5.26 Å². The van der Waals surface area contributed by atoms with Gasteiger partial charge in [-0.05, 0) is 30.0 Å². The van der Waals surface area contributed by atoms with E-state index in [-0.39, 0.29) is 11.7 Å². The van der Waals surface area contributed by atoms with Crippen LogP contribution in [-0.4, -0.2) is 11.0 Å². The average molecular weight is 293 g/mol. The number of hydrogen-bond donors (Lipinski definition) is 0. The van der Waals surface area contributed by atoms with Crippen LogP contribution in [0.2, 0.25) is 0 Å². The van der Waals surface area contributed by atoms with E-state index in [4.69, 9.17) is 0 Å². The van der Waals surface area contributed by atoms with Crippen LogP contribution in [0.1, 0.15) is 17.5 Å². The summed E-state index contributed by atoms with van der Waals surface area (Å²) >= 11 is 0. The molecule has 0 radical (unpaired) electrons. The van der Waals surface area contributed by atoms with E-state index in [2.05, 4.69) is 12.1 Å². The molecule has 0 amide bonds. The SMILES string of the molecule is N#C[C@H]1CCc2ccccc2N1Cc1cccc([N+](=O)[O-])c1. The predicted molar refractivity (Wildman–Crippen MR) is 83.4 cm³/mol. The molecule has 1 aliphatic rings. The minimum atomic E-state index is -0.393. The van der Waals surface area contributed by atoms with Gasteiger partial charge >= 0.3 is 0 Å². The number of hydrogen-bond acceptors (Lipinski definition) is 4. The summed E-state index contributed by atoms with van der Waals surface area (Å²) in [6, 6.07) is 16.8. The summed E-state index contributed by atoms with van der Waals surface area (Å²) in [6.07, 6.45) is 1.67. The summed E-state index contributed by atoms with van der Waals surface area (Å²) in [6.45, 7) is 0.497. The van der Waals surface area contributed by atoms with Crippen molar-refractivity contribution in [3.05, 3.63) is 69.8 Å². The fourth-order valence-corrected chi connectivity index (χ4v) is 2.91. The summed E-state index contributed by atoms with van der Waals surface area (Å²) in [4.78, 5) is 12.6. The molecule has 5 heteroatoms. The highest BCUT2D eigenvalue weighted by atomic mass is 16.6. The summed E-state index contributed by atoms with van der Waals surface area (Å²) in [5, 5.41) is 20.3. The van der Waals surface area contributed by atoms with Crippen molar-refractivity contribution < 1.29 is 4.92 Å². The molecule has 0 aromatic heterocycles. The van der Waals surface area contributed by atoms with Crippen molar-refractivity contribution >= 4 is 11.4 Å². The van der Waals surface area contributed by atoms with Crippen molar-refractivity contribution in [2.75, 3.05) is 4.90 Å². The van der Waals surface area contributed by atoms with Crippen LogP contribution in [0.5, 0.6) is 0 Å². The molecule has 3 rings (SSSR count). The highest BCUT2D eigenvalue weighted by molar-refractivity contribution is 5.58. The predicted octanol–water partition coefficient (Wildman–Crippen LogP) is 3.44. The van der Waals surface area contributed by atoms with Crippen LogP contribution in [0.25, 0.3) is 0 Å². The van der Waals surface area contributed by atoms with Crippen LogP contribution in [0.4, 0.5) is 11.4 Å². The van der Waals surface area contributed by atoms with Crippen molar-refractivity contribution in [1.82, 2.24) is 0 Å². The number of rotatable bonds is 3. The number of anilines is 1. The molecule has 1 aliphatic heterocycles. The van der Waals surface area contributed by atoms with Crippen molar-refractivity contribution in [3.8, 4) is 6.07 Å². The molecule has 110 valence electrons. The first-order chi connectivity index (χ1) is 10.7. The molecular formula is C17H15N3O2. The number of nitrogens with zero attached hydrogens (tertiary/aromatic N) is 3. The molecule has 2 aromatic carbocycles. The standard InChI is InChI=1S/C17H15N3O2/c18-11-16-9-8-14-5-1-2-7-17(14)19(16)12-13-4-3-6-15(10-13)20(21)22/h1-7,10,16H,8-9,12H2/t16-/m1/s1. The van der Waals surface area contributed by atoms with E-state index in [0.717, 1.165) is 24.1 Å². The maximum Gasteiger partial charge on any atom is 0.269 e. The second-order valence-corrected chi connectivity index (χ2v) is 5.37. The molecule has 0 spiro atoms. The van der Waals surface area contributed by atoms with Gasteiger partial charge in [-0.1, -0.05) is 30.3 Å². The number of non-ortho nitro benzene ring substituents is 1. The fraction of sp³-hybridized carbons (Fsp3) is 0.235. The molecule has 0 saturated carbocycles. The zero-order valence-electron chi connectivity index (χ0n) is 12.0. The molecule has 0 bridgehead atoms. The second kappa shape index (κ2) is 5.86. The van der Waals surface area contributed by atoms with Gasteiger partial charge in [0.15, 0.2) is 0 Å². The fourth-order valence-electron chi connectivity index (χ4n) is 2.91. The smallest absolute Gasteiger partial charge is 0.269 e. The Morgan fingerprint density at radius 2 is 2.09 bits per heavy atom. The summed E-state index contributed by atoms with van der Waals surface area (Å²) in [5.41, 5.74) is 3.19. The molecule has 0 fully saturated rings. The summed E-state index contributed by atoms with van der Waals surface area (Å²) in [5.74, 6) is 0. The monoisotopic (exact) mass is 293 g/mol. The van der Waals surface area contributed by atoms with Crippen LogP contribution in [0.15, 0.2) is 48.5 Å². The first-order valence-electron chi connectivity index (χ1n) is 7.16. The minimum Gasteiger partial charge on any atom is -0.351 e. The van der Waals surface area contributed by atoms with Gasteiger partial charge in [0.2, 0.25) is 0 Å². The lowest BCUT2D eigenvalue weighted by Gasteiger charge is -2.35. The second-order valence-electron chi connectivity index (χ2n) is 5.37. The van der Waals surface area contributed by atoms with Gasteiger partial charge in [0.05, 0.1) is 11.0 Å². The Kier molecular flexibility index (Phi) is 3.75. The molecule has 0 N–H and O–H groups in total. The van der Waals surface area contributed by atoms with Crippen molar-refractivity contribution in [2.45, 2.75) is 25.4 Å². The van der Waals surface area contributed by atoms with E-state index in [1.54, 1.807) is 12.1 Å². The molecule has 1 heterocycles. The Balaban J connectivity index is 1.94. The van der Waals surface area contributed by atoms with Crippen LogP contribution < -0.4 is 4.90 Å². The van der Waals surface area contributed by atoms with Gasteiger partial charge in [0.25, 0.3) is 5.69 Å². The zero-order valence-corrected chi connectivity index (χ0v) is 12.0. The first-order valence-corrected chi connectivity index (χ1v) is 7.16. The quantitative estimate of drug-likeness (QED) is 0.642. The highest BCUT2D eigenvalue weighted by Crippen LogP contribution is 2.32. The molecule has 0 unspecified atom stereocenters. The minimum absolute atomic E-state index is 0.0799. The van der Waals surface area contributed by atoms with E-state index in [0.29, 0.717) is 6.54 Å². The van der Waals surface area contributed by atoms with Crippen molar-refractivity contribution in [1.29, 1.82) is 5.26 Å². The number of benzene rings is 2. The number of nitriles is 1. The third-order valence-corrected chi connectivity index (χ3v) is 3.99. The highest BCUT2D eigenvalue weighted by Gasteiger charge is 2.26. The number of aryl methyl sites for hydroxylation is 1. The number of fused-ring (bicyclic) bond motifs is 1. The van der Waals surface area contributed by atoms with E-state index in [1.165, 1.54) is 11.6 Å². The number of para-hydroxylation sites is 1. The maximum absolute atomic E-state index is 10.9. The van der Waals surface area contributed by atoms with E-state index >= 15 is 0 Å². The maximum atomic E-state index is 10.9. The molecular weight excluding hydrogens is 278 g/mol. The van der Waals surface area contributed by atoms with E-state index < -0.39 is 4.92 Å². The largest absolute Gasteiger partial charge is 0.351 e. The van der Waals surface area contributed by atoms with Gasteiger partial charge in [-0.3, -0.25) is 10.1 Å². The van der Waals surface area contributed by atoms with E-state index in [9.17, 15) is 15.4 Å². The lowest BCUT2D eigenvalue weighted by Crippen LogP contribution is -2.37. The van der Waals surface area contributed by atoms with Gasteiger partial charge in [0.1, 0.15) is 6.04 Å². The van der Waals surface area contributed by atoms with Gasteiger partial charge in [-0.25, -0.2) is 0 Å². The summed E-state index contributed by atoms with van der Waals surface area (Å²) < 4.78 is 0. The van der Waals surface area contributed by atoms with Crippen molar-refractivity contribution in [3.63, 3.8) is 0 Å². The Morgan fingerprint density at radius 3 is 2.86 bits per heavy atom. The Hall–Kier alpha value is -2.87. The van der Waals surface area contributed by atoms with Gasteiger partial charge < -0.3 is 4.90 Å². The Labute approximate surface area is 128 Å². The topological polar surface area (TPSA) is 70.2 Å². The van der Waals surface area contributed by atoms with Gasteiger partial charge in [-0.15, -0.1) is 0 Å². The lowest BCUT2D eigenvalue weighted by atomic mass is 9.95. The normalized spacial score (nSPS) is 16.7. The third-order valence-electron chi connectivity index (χ3n) is 3.99. The summed E-state index contributed by atoms with van der Waals surface area (Å²) in [7, 11) is 0. The molecule has 0 aliphatic carbocycles. The van der Waals surface area contributed by atoms with Gasteiger partial charge in [0, 0.05) is 24.4 Å². The third kappa shape index (κ3) is 2.63.